The van der Waals surface area contributed by atoms with Crippen molar-refractivity contribution in [2.24, 2.45) is 0 Å². The maximum absolute atomic E-state index is 13.7. The van der Waals surface area contributed by atoms with Gasteiger partial charge in [-0.3, -0.25) is 0 Å². The van der Waals surface area contributed by atoms with Crippen LogP contribution in [0.5, 0.6) is 0 Å². The molecule has 0 heterocycles. The molecule has 2 rings (SSSR count). The van der Waals surface area contributed by atoms with Gasteiger partial charge in [0.05, 0.1) is 0 Å². The third-order valence-corrected chi connectivity index (χ3v) is 4.60. The van der Waals surface area contributed by atoms with E-state index < -0.39 is 0 Å². The van der Waals surface area contributed by atoms with Crippen LogP contribution < -0.4 is 5.32 Å². The monoisotopic (exact) mass is 367 g/mol. The molecule has 0 aliphatic rings. The van der Waals surface area contributed by atoms with Crippen molar-refractivity contribution < 1.29 is 4.39 Å². The Morgan fingerprint density at radius 3 is 2.48 bits per heavy atom. The van der Waals surface area contributed by atoms with Gasteiger partial charge >= 0.3 is 0 Å². The van der Waals surface area contributed by atoms with E-state index in [-0.39, 0.29) is 5.82 Å². The van der Waals surface area contributed by atoms with Gasteiger partial charge in [-0.1, -0.05) is 48.0 Å². The lowest BCUT2D eigenvalue weighted by Gasteiger charge is -2.09. The minimum atomic E-state index is -0.158. The van der Waals surface area contributed by atoms with Crippen molar-refractivity contribution in [3.63, 3.8) is 0 Å². The van der Waals surface area contributed by atoms with Gasteiger partial charge in [0.2, 0.25) is 0 Å². The average Bonchev–Trinajstić information content (AvgIpc) is 2.45. The molecule has 0 saturated carbocycles. The fraction of sp³-hybridized carbons (Fsp3) is 0.294. The maximum atomic E-state index is 13.7. The molecule has 21 heavy (non-hydrogen) atoms. The fourth-order valence-electron chi connectivity index (χ4n) is 1.83. The highest BCUT2D eigenvalue weighted by atomic mass is 79.9. The molecule has 112 valence electrons. The largest absolute Gasteiger partial charge is 0.310 e. The predicted octanol–water partition coefficient (Wildman–Crippen LogP) is 5.38. The Balaban J connectivity index is 1.91. The van der Waals surface area contributed by atoms with E-state index in [4.69, 9.17) is 0 Å². The molecular formula is C17H19BrFNS. The van der Waals surface area contributed by atoms with E-state index in [1.54, 1.807) is 11.8 Å². The van der Waals surface area contributed by atoms with Crippen molar-refractivity contribution in [2.75, 3.05) is 0 Å². The molecule has 0 saturated heterocycles. The molecule has 0 amide bonds. The summed E-state index contributed by atoms with van der Waals surface area (Å²) in [6.07, 6.45) is 0. The second-order valence-electron chi connectivity index (χ2n) is 5.20. The number of hydrogen-bond donors (Lipinski definition) is 1. The maximum Gasteiger partial charge on any atom is 0.128 e. The zero-order valence-corrected chi connectivity index (χ0v) is 14.6. The highest BCUT2D eigenvalue weighted by Crippen LogP contribution is 2.25. The molecule has 0 bridgehead atoms. The van der Waals surface area contributed by atoms with Crippen molar-refractivity contribution in [1.29, 1.82) is 0 Å². The predicted molar refractivity (Wildman–Crippen MR) is 92.1 cm³/mol. The summed E-state index contributed by atoms with van der Waals surface area (Å²) in [6.45, 7) is 5.15. The molecule has 2 aromatic carbocycles. The average molecular weight is 368 g/mol. The molecule has 2 aromatic rings. The van der Waals surface area contributed by atoms with Gasteiger partial charge in [0.25, 0.3) is 0 Å². The Kier molecular flexibility index (Phi) is 6.27. The summed E-state index contributed by atoms with van der Waals surface area (Å²) in [6, 6.07) is 14.1. The molecular weight excluding hydrogens is 349 g/mol. The molecule has 1 nitrogen and oxygen atoms in total. The zero-order valence-electron chi connectivity index (χ0n) is 12.2. The molecule has 0 spiro atoms. The second kappa shape index (κ2) is 7.97. The number of nitrogens with one attached hydrogen (secondary N) is 1. The normalized spacial score (nSPS) is 11.1. The van der Waals surface area contributed by atoms with E-state index in [0.29, 0.717) is 11.8 Å². The van der Waals surface area contributed by atoms with Crippen molar-refractivity contribution in [2.45, 2.75) is 37.1 Å². The third-order valence-electron chi connectivity index (χ3n) is 3.05. The number of thioether (sulfide) groups is 1. The van der Waals surface area contributed by atoms with E-state index >= 15 is 0 Å². The van der Waals surface area contributed by atoms with Crippen molar-refractivity contribution >= 4 is 27.7 Å². The van der Waals surface area contributed by atoms with Crippen molar-refractivity contribution in [3.05, 3.63) is 63.9 Å². The zero-order chi connectivity index (χ0) is 15.2. The van der Waals surface area contributed by atoms with E-state index in [9.17, 15) is 4.39 Å². The first-order valence-electron chi connectivity index (χ1n) is 6.93. The summed E-state index contributed by atoms with van der Waals surface area (Å²) >= 11 is 4.92. The summed E-state index contributed by atoms with van der Waals surface area (Å²) in [5, 5.41) is 3.39. The summed E-state index contributed by atoms with van der Waals surface area (Å²) in [7, 11) is 0. The van der Waals surface area contributed by atoms with Crippen LogP contribution in [0.1, 0.15) is 25.0 Å². The summed E-state index contributed by atoms with van der Waals surface area (Å²) < 4.78 is 14.5. The van der Waals surface area contributed by atoms with Crippen LogP contribution in [-0.4, -0.2) is 6.04 Å². The van der Waals surface area contributed by atoms with Crippen molar-refractivity contribution in [3.8, 4) is 0 Å². The van der Waals surface area contributed by atoms with E-state index in [2.05, 4.69) is 59.4 Å². The van der Waals surface area contributed by atoms with Gasteiger partial charge in [-0.25, -0.2) is 4.39 Å². The summed E-state index contributed by atoms with van der Waals surface area (Å²) in [5.41, 5.74) is 2.00. The lowest BCUT2D eigenvalue weighted by Crippen LogP contribution is -2.21. The SMILES string of the molecule is CC(C)NCc1ccc(SCc2ccc(Br)cc2F)cc1. The lowest BCUT2D eigenvalue weighted by atomic mass is 10.2. The summed E-state index contributed by atoms with van der Waals surface area (Å²) in [4.78, 5) is 1.16. The molecule has 0 radical (unpaired) electrons. The van der Waals surface area contributed by atoms with Gasteiger partial charge in [-0.15, -0.1) is 11.8 Å². The first-order chi connectivity index (χ1) is 10.0. The topological polar surface area (TPSA) is 12.0 Å². The molecule has 0 atom stereocenters. The van der Waals surface area contributed by atoms with Gasteiger partial charge in [0, 0.05) is 27.7 Å². The Morgan fingerprint density at radius 2 is 1.86 bits per heavy atom. The standard InChI is InChI=1S/C17H19BrFNS/c1-12(2)20-10-13-3-7-16(8-4-13)21-11-14-5-6-15(18)9-17(14)19/h3-9,12,20H,10-11H2,1-2H3. The highest BCUT2D eigenvalue weighted by molar-refractivity contribution is 9.10. The summed E-state index contributed by atoms with van der Waals surface area (Å²) in [5.74, 6) is 0.484. The van der Waals surface area contributed by atoms with E-state index in [1.165, 1.54) is 11.6 Å². The van der Waals surface area contributed by atoms with Crippen LogP contribution in [0.15, 0.2) is 51.8 Å². The molecule has 4 heteroatoms. The van der Waals surface area contributed by atoms with E-state index in [1.807, 2.05) is 12.1 Å². The molecule has 1 N–H and O–H groups in total. The highest BCUT2D eigenvalue weighted by Gasteiger charge is 2.04. The lowest BCUT2D eigenvalue weighted by molar-refractivity contribution is 0.588. The van der Waals surface area contributed by atoms with Gasteiger partial charge in [0.15, 0.2) is 0 Å². The number of benzene rings is 2. The molecule has 0 aromatic heterocycles. The van der Waals surface area contributed by atoms with Crippen LogP contribution in [0.2, 0.25) is 0 Å². The van der Waals surface area contributed by atoms with Crippen molar-refractivity contribution in [1.82, 2.24) is 5.32 Å². The number of rotatable bonds is 6. The third kappa shape index (κ3) is 5.46. The molecule has 0 aliphatic heterocycles. The van der Waals surface area contributed by atoms with Gasteiger partial charge in [-0.05, 0) is 35.4 Å². The van der Waals surface area contributed by atoms with Gasteiger partial charge < -0.3 is 5.32 Å². The fourth-order valence-corrected chi connectivity index (χ4v) is 3.04. The van der Waals surface area contributed by atoms with Crippen LogP contribution in [0, 0.1) is 5.82 Å². The van der Waals surface area contributed by atoms with Crippen LogP contribution >= 0.6 is 27.7 Å². The Labute approximate surface area is 138 Å². The Morgan fingerprint density at radius 1 is 1.14 bits per heavy atom. The van der Waals surface area contributed by atoms with Crippen LogP contribution in [0.25, 0.3) is 0 Å². The first-order valence-corrected chi connectivity index (χ1v) is 8.71. The van der Waals surface area contributed by atoms with Crippen LogP contribution in [0.4, 0.5) is 4.39 Å². The molecule has 0 unspecified atom stereocenters. The first kappa shape index (κ1) is 16.5. The quantitative estimate of drug-likeness (QED) is 0.687. The smallest absolute Gasteiger partial charge is 0.128 e. The number of halogens is 2. The second-order valence-corrected chi connectivity index (χ2v) is 7.17. The van der Waals surface area contributed by atoms with Gasteiger partial charge in [-0.2, -0.15) is 0 Å². The van der Waals surface area contributed by atoms with Gasteiger partial charge in [0.1, 0.15) is 5.82 Å². The minimum Gasteiger partial charge on any atom is -0.310 e. The Hall–Kier alpha value is -0.840. The molecule has 0 aliphatic carbocycles. The van der Waals surface area contributed by atoms with E-state index in [0.717, 1.165) is 21.5 Å². The molecule has 0 fully saturated rings. The minimum absolute atomic E-state index is 0.158. The Bertz CT molecular complexity index is 584. The van der Waals surface area contributed by atoms with Crippen LogP contribution in [0.3, 0.4) is 0 Å². The number of hydrogen-bond acceptors (Lipinski definition) is 2. The van der Waals surface area contributed by atoms with Crippen LogP contribution in [-0.2, 0) is 12.3 Å².